The van der Waals surface area contributed by atoms with Gasteiger partial charge in [0.15, 0.2) is 17.0 Å². The number of nitrogens with two attached hydrogens (primary N) is 2. The van der Waals surface area contributed by atoms with Gasteiger partial charge in [0.2, 0.25) is 11.5 Å². The molecule has 0 aliphatic carbocycles. The minimum absolute atomic E-state index is 0.0203. The molecule has 19 heteroatoms. The van der Waals surface area contributed by atoms with Gasteiger partial charge in [0.1, 0.15) is 58.0 Å². The molecule has 0 fully saturated rings. The van der Waals surface area contributed by atoms with E-state index in [1.165, 1.54) is 54.6 Å². The van der Waals surface area contributed by atoms with Gasteiger partial charge in [0.05, 0.1) is 6.42 Å². The number of nitrogen functional groups attached to an aromatic ring is 2. The summed E-state index contributed by atoms with van der Waals surface area (Å²) in [4.78, 5) is 82.6. The molecule has 0 radical (unpaired) electrons. The Bertz CT molecular complexity index is 2570. The predicted octanol–water partition coefficient (Wildman–Crippen LogP) is 3.74. The highest BCUT2D eigenvalue weighted by Crippen LogP contribution is 2.27. The number of esters is 1. The minimum atomic E-state index is -1.44. The van der Waals surface area contributed by atoms with Crippen LogP contribution in [-0.2, 0) is 9.53 Å². The lowest BCUT2D eigenvalue weighted by Crippen LogP contribution is -2.31. The first-order valence-electron chi connectivity index (χ1n) is 17.1. The maximum absolute atomic E-state index is 13.0. The maximum Gasteiger partial charge on any atom is 0.371 e. The largest absolute Gasteiger partial charge is 0.507 e. The van der Waals surface area contributed by atoms with Crippen LogP contribution >= 0.6 is 0 Å². The Kier molecular flexibility index (Phi) is 13.1. The summed E-state index contributed by atoms with van der Waals surface area (Å²) in [5, 5.41) is 39.3. The summed E-state index contributed by atoms with van der Waals surface area (Å²) >= 11 is 0. The van der Waals surface area contributed by atoms with Gasteiger partial charge >= 0.3 is 23.9 Å². The lowest BCUT2D eigenvalue weighted by atomic mass is 10.2. The molecule has 6 rings (SSSR count). The molecule has 0 aliphatic heterocycles. The van der Waals surface area contributed by atoms with Gasteiger partial charge in [0, 0.05) is 35.6 Å². The number of benzene rings is 4. The van der Waals surface area contributed by atoms with Gasteiger partial charge in [-0.25, -0.2) is 14.4 Å². The fourth-order valence-electron chi connectivity index (χ4n) is 5.24. The second-order valence-electron chi connectivity index (χ2n) is 12.3. The number of carbonyl (C=O) groups excluding carboxylic acids is 2. The molecule has 6 aromatic rings. The van der Waals surface area contributed by atoms with E-state index >= 15 is 0 Å². The van der Waals surface area contributed by atoms with Gasteiger partial charge < -0.3 is 60.3 Å². The van der Waals surface area contributed by atoms with Crippen LogP contribution in [0.25, 0.3) is 21.9 Å². The number of carbonyl (C=O) groups is 5. The Morgan fingerprint density at radius 1 is 0.678 bits per heavy atom. The van der Waals surface area contributed by atoms with E-state index in [4.69, 9.17) is 39.6 Å². The number of phenols is 1. The summed E-state index contributed by atoms with van der Waals surface area (Å²) in [6, 6.07) is 20.3. The summed E-state index contributed by atoms with van der Waals surface area (Å²) in [6.07, 6.45) is -1.33. The van der Waals surface area contributed by atoms with Crippen molar-refractivity contribution >= 4 is 63.1 Å². The average molecular weight is 812 g/mol. The Balaban J connectivity index is 0.000000372. The molecule has 0 saturated heterocycles. The van der Waals surface area contributed by atoms with Crippen molar-refractivity contribution in [3.05, 3.63) is 134 Å². The SMILES string of the molecule is Nc1ccc(C(=O)NCCC(=O)O)cc1.Nc1ccc(O)c(C(=O)OC(COc2cccc3oc(C(=O)O)cc(=O)c23)COc2cccc3oc(C(=O)O)cc(=O)c23)c1. The molecule has 2 aromatic heterocycles. The van der Waals surface area contributed by atoms with Crippen LogP contribution in [0.1, 0.15) is 48.2 Å². The molecule has 0 saturated carbocycles. The molecular formula is C40H33N3O16. The number of aliphatic carboxylic acids is 1. The number of anilines is 2. The van der Waals surface area contributed by atoms with Crippen LogP contribution in [0.4, 0.5) is 11.4 Å². The van der Waals surface area contributed by atoms with E-state index in [0.717, 1.165) is 12.1 Å². The number of amides is 1. The molecule has 0 atom stereocenters. The molecule has 0 unspecified atom stereocenters. The fourth-order valence-corrected chi connectivity index (χ4v) is 5.24. The summed E-state index contributed by atoms with van der Waals surface area (Å²) in [5.41, 5.74) is 10.6. The number of nitrogens with one attached hydrogen (secondary N) is 1. The topological polar surface area (TPSA) is 318 Å². The Hall–Kier alpha value is -8.35. The normalized spacial score (nSPS) is 10.7. The van der Waals surface area contributed by atoms with Crippen molar-refractivity contribution in [1.29, 1.82) is 0 Å². The lowest BCUT2D eigenvalue weighted by molar-refractivity contribution is -0.136. The first-order valence-corrected chi connectivity index (χ1v) is 17.1. The summed E-state index contributed by atoms with van der Waals surface area (Å²) in [5.74, 6) is -6.71. The summed E-state index contributed by atoms with van der Waals surface area (Å²) < 4.78 is 27.7. The lowest BCUT2D eigenvalue weighted by Gasteiger charge is -2.20. The second kappa shape index (κ2) is 18.5. The zero-order valence-electron chi connectivity index (χ0n) is 30.4. The highest BCUT2D eigenvalue weighted by molar-refractivity contribution is 5.95. The zero-order chi connectivity index (χ0) is 42.8. The predicted molar refractivity (Wildman–Crippen MR) is 207 cm³/mol. The highest BCUT2D eigenvalue weighted by Gasteiger charge is 2.23. The van der Waals surface area contributed by atoms with Crippen molar-refractivity contribution in [3.8, 4) is 17.2 Å². The number of hydrogen-bond acceptors (Lipinski definition) is 15. The van der Waals surface area contributed by atoms with E-state index in [1.54, 1.807) is 24.3 Å². The molecule has 304 valence electrons. The molecule has 19 nitrogen and oxygen atoms in total. The average Bonchev–Trinajstić information content (AvgIpc) is 3.19. The highest BCUT2D eigenvalue weighted by atomic mass is 16.6. The van der Waals surface area contributed by atoms with Crippen molar-refractivity contribution in [2.45, 2.75) is 12.5 Å². The number of fused-ring (bicyclic) bond motifs is 2. The van der Waals surface area contributed by atoms with Crippen molar-refractivity contribution in [1.82, 2.24) is 5.32 Å². The number of phenolic OH excluding ortho intramolecular Hbond substituents is 1. The number of hydrogen-bond donors (Lipinski definition) is 7. The van der Waals surface area contributed by atoms with Crippen molar-refractivity contribution in [2.24, 2.45) is 0 Å². The van der Waals surface area contributed by atoms with Crippen LogP contribution in [0.3, 0.4) is 0 Å². The quantitative estimate of drug-likeness (QED) is 0.0468. The number of carboxylic acid groups (broad SMARTS) is 3. The molecule has 0 bridgehead atoms. The van der Waals surface area contributed by atoms with Crippen LogP contribution in [0, 0.1) is 0 Å². The molecule has 0 spiro atoms. The maximum atomic E-state index is 13.0. The molecule has 0 aliphatic rings. The van der Waals surface area contributed by atoms with E-state index < -0.39 is 71.3 Å². The number of rotatable bonds is 14. The third-order valence-corrected chi connectivity index (χ3v) is 8.02. The Morgan fingerprint density at radius 3 is 1.68 bits per heavy atom. The molecule has 59 heavy (non-hydrogen) atoms. The van der Waals surface area contributed by atoms with Crippen molar-refractivity contribution < 1.29 is 67.4 Å². The van der Waals surface area contributed by atoms with Gasteiger partial charge in [0.25, 0.3) is 5.91 Å². The third kappa shape index (κ3) is 10.7. The van der Waals surface area contributed by atoms with Crippen LogP contribution in [0.15, 0.2) is 109 Å². The smallest absolute Gasteiger partial charge is 0.371 e. The Morgan fingerprint density at radius 2 is 1.19 bits per heavy atom. The molecule has 9 N–H and O–H groups in total. The molecule has 2 heterocycles. The van der Waals surface area contributed by atoms with Crippen molar-refractivity contribution in [3.63, 3.8) is 0 Å². The second-order valence-corrected chi connectivity index (χ2v) is 12.3. The van der Waals surface area contributed by atoms with E-state index in [2.05, 4.69) is 5.32 Å². The molecule has 4 aromatic carbocycles. The van der Waals surface area contributed by atoms with E-state index in [9.17, 15) is 48.9 Å². The number of aromatic hydroxyl groups is 1. The van der Waals surface area contributed by atoms with Gasteiger partial charge in [-0.3, -0.25) is 19.2 Å². The third-order valence-electron chi connectivity index (χ3n) is 8.02. The van der Waals surface area contributed by atoms with Crippen LogP contribution in [0.2, 0.25) is 0 Å². The number of carboxylic acids is 3. The van der Waals surface area contributed by atoms with E-state index in [0.29, 0.717) is 11.3 Å². The van der Waals surface area contributed by atoms with Crippen LogP contribution < -0.4 is 37.1 Å². The van der Waals surface area contributed by atoms with Crippen LogP contribution in [-0.4, -0.2) is 76.1 Å². The number of ether oxygens (including phenoxy) is 3. The summed E-state index contributed by atoms with van der Waals surface area (Å²) in [6.45, 7) is -0.744. The van der Waals surface area contributed by atoms with Gasteiger partial charge in [-0.05, 0) is 66.7 Å². The monoisotopic (exact) mass is 811 g/mol. The summed E-state index contributed by atoms with van der Waals surface area (Å²) in [7, 11) is 0. The first kappa shape index (κ1) is 41.8. The van der Waals surface area contributed by atoms with Gasteiger partial charge in [-0.15, -0.1) is 0 Å². The zero-order valence-corrected chi connectivity index (χ0v) is 30.4. The fraction of sp³-hybridized carbons (Fsp3) is 0.125. The first-order chi connectivity index (χ1) is 28.1. The van der Waals surface area contributed by atoms with E-state index in [1.807, 2.05) is 0 Å². The van der Waals surface area contributed by atoms with Gasteiger partial charge in [-0.2, -0.15) is 0 Å². The van der Waals surface area contributed by atoms with Crippen LogP contribution in [0.5, 0.6) is 17.2 Å². The number of aromatic carboxylic acids is 2. The minimum Gasteiger partial charge on any atom is -0.507 e. The standard InChI is InChI=1S/C30H21NO13.C10H12N2O3/c31-14-7-8-17(32)16(9-14)30(39)42-15(12-40-20-3-1-5-22-26(20)18(33)10-24(43-22)28(35)36)13-41-21-4-2-6-23-27(21)19(34)11-25(44-23)29(37)38;11-8-3-1-7(2-4-8)10(15)12-6-5-9(13)14/h1-11,15,32H,12-13,31H2,(H,35,36)(H,37,38);1-4H,5-6,11H2,(H,12,15)(H,13,14). The van der Waals surface area contributed by atoms with E-state index in [-0.39, 0.29) is 63.6 Å². The van der Waals surface area contributed by atoms with Gasteiger partial charge in [-0.1, -0.05) is 12.1 Å². The van der Waals surface area contributed by atoms with Crippen molar-refractivity contribution in [2.75, 3.05) is 31.2 Å². The Labute approximate surface area is 330 Å². The molecule has 1 amide bonds. The molecular weight excluding hydrogens is 778 g/mol.